The summed E-state index contributed by atoms with van der Waals surface area (Å²) in [6, 6.07) is 24.0. The van der Waals surface area contributed by atoms with Crippen LogP contribution >= 0.6 is 23.2 Å². The summed E-state index contributed by atoms with van der Waals surface area (Å²) < 4.78 is 1.74. The van der Waals surface area contributed by atoms with Crippen LogP contribution in [0, 0.1) is 0 Å². The van der Waals surface area contributed by atoms with Crippen LogP contribution in [0.4, 0.5) is 11.9 Å². The van der Waals surface area contributed by atoms with Gasteiger partial charge in [0.05, 0.1) is 0 Å². The average molecular weight is 462 g/mol. The normalized spacial score (nSPS) is 14.8. The monoisotopic (exact) mass is 461 g/mol. The van der Waals surface area contributed by atoms with Crippen molar-refractivity contribution in [2.24, 2.45) is 0 Å². The van der Waals surface area contributed by atoms with Crippen LogP contribution in [0.25, 0.3) is 5.70 Å². The first-order chi connectivity index (χ1) is 15.6. The molecule has 0 saturated heterocycles. The number of benzene rings is 3. The molecule has 2 N–H and O–H groups in total. The fourth-order valence-electron chi connectivity index (χ4n) is 3.53. The quantitative estimate of drug-likeness (QED) is 0.397. The Bertz CT molecular complexity index is 1320. The minimum Gasteiger partial charge on any atom is -0.324 e. The Hall–Kier alpha value is -3.61. The SMILES string of the molecule is O=C(Nc1nc2n(n1)C(c1ccc(Cl)cc1)C=C(c1ccccc1)N2)c1cccc(Cl)c1. The van der Waals surface area contributed by atoms with Gasteiger partial charge in [-0.05, 0) is 47.5 Å². The molecule has 3 aromatic carbocycles. The van der Waals surface area contributed by atoms with E-state index in [-0.39, 0.29) is 17.9 Å². The molecule has 6 nitrogen and oxygen atoms in total. The highest BCUT2D eigenvalue weighted by atomic mass is 35.5. The zero-order chi connectivity index (χ0) is 22.1. The molecule has 4 aromatic rings. The Morgan fingerprint density at radius 2 is 1.72 bits per heavy atom. The number of carbonyl (C=O) groups is 1. The van der Waals surface area contributed by atoms with E-state index in [2.05, 4.69) is 26.8 Å². The van der Waals surface area contributed by atoms with Crippen LogP contribution in [-0.4, -0.2) is 20.7 Å². The molecular weight excluding hydrogens is 445 g/mol. The first kappa shape index (κ1) is 20.3. The summed E-state index contributed by atoms with van der Waals surface area (Å²) in [5, 5.41) is 11.8. The molecule has 0 saturated carbocycles. The van der Waals surface area contributed by atoms with Crippen LogP contribution in [0.15, 0.2) is 84.9 Å². The predicted octanol–water partition coefficient (Wildman–Crippen LogP) is 5.89. The fourth-order valence-corrected chi connectivity index (χ4v) is 3.85. The maximum Gasteiger partial charge on any atom is 0.258 e. The van der Waals surface area contributed by atoms with E-state index in [0.717, 1.165) is 16.8 Å². The Morgan fingerprint density at radius 3 is 2.47 bits per heavy atom. The highest BCUT2D eigenvalue weighted by Crippen LogP contribution is 2.33. The van der Waals surface area contributed by atoms with E-state index >= 15 is 0 Å². The molecule has 0 spiro atoms. The number of halogens is 2. The molecule has 0 fully saturated rings. The van der Waals surface area contributed by atoms with Gasteiger partial charge in [-0.25, -0.2) is 4.68 Å². The van der Waals surface area contributed by atoms with E-state index in [0.29, 0.717) is 21.6 Å². The zero-order valence-electron chi connectivity index (χ0n) is 16.7. The molecular formula is C24H17Cl2N5O. The summed E-state index contributed by atoms with van der Waals surface area (Å²) in [5.41, 5.74) is 3.34. The van der Waals surface area contributed by atoms with Crippen LogP contribution < -0.4 is 10.6 Å². The lowest BCUT2D eigenvalue weighted by Crippen LogP contribution is -2.20. The average Bonchev–Trinajstić information content (AvgIpc) is 3.22. The van der Waals surface area contributed by atoms with Gasteiger partial charge in [0.1, 0.15) is 6.04 Å². The molecule has 32 heavy (non-hydrogen) atoms. The minimum atomic E-state index is -0.338. The lowest BCUT2D eigenvalue weighted by Gasteiger charge is -2.24. The predicted molar refractivity (Wildman–Crippen MR) is 127 cm³/mol. The molecule has 0 radical (unpaired) electrons. The largest absolute Gasteiger partial charge is 0.324 e. The number of aromatic nitrogens is 3. The van der Waals surface area contributed by atoms with E-state index in [4.69, 9.17) is 23.2 Å². The van der Waals surface area contributed by atoms with Gasteiger partial charge in [0.25, 0.3) is 11.9 Å². The van der Waals surface area contributed by atoms with Crippen molar-refractivity contribution in [3.63, 3.8) is 0 Å². The first-order valence-corrected chi connectivity index (χ1v) is 10.7. The summed E-state index contributed by atoms with van der Waals surface area (Å²) >= 11 is 12.1. The number of allylic oxidation sites excluding steroid dienone is 1. The zero-order valence-corrected chi connectivity index (χ0v) is 18.2. The highest BCUT2D eigenvalue weighted by molar-refractivity contribution is 6.31. The van der Waals surface area contributed by atoms with Gasteiger partial charge in [0.2, 0.25) is 5.95 Å². The van der Waals surface area contributed by atoms with E-state index in [1.807, 2.05) is 54.6 Å². The van der Waals surface area contributed by atoms with Crippen LogP contribution in [0.1, 0.15) is 27.5 Å². The van der Waals surface area contributed by atoms with Crippen molar-refractivity contribution >= 4 is 46.7 Å². The van der Waals surface area contributed by atoms with Gasteiger partial charge in [0, 0.05) is 21.3 Å². The van der Waals surface area contributed by atoms with Crippen LogP contribution in [-0.2, 0) is 0 Å². The summed E-state index contributed by atoms with van der Waals surface area (Å²) in [4.78, 5) is 17.2. The molecule has 2 heterocycles. The molecule has 1 aliphatic rings. The maximum absolute atomic E-state index is 12.6. The van der Waals surface area contributed by atoms with Crippen molar-refractivity contribution in [1.29, 1.82) is 0 Å². The topological polar surface area (TPSA) is 71.8 Å². The van der Waals surface area contributed by atoms with Gasteiger partial charge in [-0.2, -0.15) is 4.98 Å². The Balaban J connectivity index is 1.51. The lowest BCUT2D eigenvalue weighted by molar-refractivity contribution is 0.102. The van der Waals surface area contributed by atoms with Gasteiger partial charge < -0.3 is 5.32 Å². The van der Waals surface area contributed by atoms with Crippen LogP contribution in [0.2, 0.25) is 10.0 Å². The molecule has 1 atom stereocenters. The van der Waals surface area contributed by atoms with Gasteiger partial charge in [-0.1, -0.05) is 71.7 Å². The van der Waals surface area contributed by atoms with Crippen molar-refractivity contribution < 1.29 is 4.79 Å². The second kappa shape index (κ2) is 8.49. The molecule has 0 bridgehead atoms. The number of hydrogen-bond donors (Lipinski definition) is 2. The number of carbonyl (C=O) groups excluding carboxylic acids is 1. The van der Waals surface area contributed by atoms with E-state index in [9.17, 15) is 4.79 Å². The third-order valence-electron chi connectivity index (χ3n) is 5.07. The second-order valence-electron chi connectivity index (χ2n) is 7.24. The molecule has 5 rings (SSSR count). The van der Waals surface area contributed by atoms with Gasteiger partial charge in [-0.15, -0.1) is 5.10 Å². The van der Waals surface area contributed by atoms with Crippen LogP contribution in [0.5, 0.6) is 0 Å². The highest BCUT2D eigenvalue weighted by Gasteiger charge is 2.26. The number of nitrogens with zero attached hydrogens (tertiary/aromatic N) is 3. The van der Waals surface area contributed by atoms with Crippen molar-refractivity contribution in [3.8, 4) is 0 Å². The van der Waals surface area contributed by atoms with E-state index < -0.39 is 0 Å². The molecule has 158 valence electrons. The number of rotatable bonds is 4. The minimum absolute atomic E-state index is 0.194. The summed E-state index contributed by atoms with van der Waals surface area (Å²) in [6.45, 7) is 0. The molecule has 1 aliphatic heterocycles. The Labute approximate surface area is 194 Å². The number of hydrogen-bond acceptors (Lipinski definition) is 4. The van der Waals surface area contributed by atoms with Gasteiger partial charge in [-0.3, -0.25) is 10.1 Å². The molecule has 1 amide bonds. The third kappa shape index (κ3) is 4.10. The summed E-state index contributed by atoms with van der Waals surface area (Å²) in [7, 11) is 0. The maximum atomic E-state index is 12.6. The van der Waals surface area contributed by atoms with Crippen molar-refractivity contribution in [2.45, 2.75) is 6.04 Å². The molecule has 1 aromatic heterocycles. The molecule has 1 unspecified atom stereocenters. The van der Waals surface area contributed by atoms with E-state index in [1.54, 1.807) is 28.9 Å². The third-order valence-corrected chi connectivity index (χ3v) is 5.56. The lowest BCUT2D eigenvalue weighted by atomic mass is 10.0. The van der Waals surface area contributed by atoms with E-state index in [1.165, 1.54) is 0 Å². The number of amides is 1. The van der Waals surface area contributed by atoms with Crippen molar-refractivity contribution in [3.05, 3.63) is 112 Å². The van der Waals surface area contributed by atoms with Crippen molar-refractivity contribution in [2.75, 3.05) is 10.6 Å². The Morgan fingerprint density at radius 1 is 0.938 bits per heavy atom. The van der Waals surface area contributed by atoms with Crippen molar-refractivity contribution in [1.82, 2.24) is 14.8 Å². The second-order valence-corrected chi connectivity index (χ2v) is 8.11. The number of anilines is 2. The Kier molecular flexibility index (Phi) is 5.39. The smallest absolute Gasteiger partial charge is 0.258 e. The summed E-state index contributed by atoms with van der Waals surface area (Å²) in [5.74, 6) is 0.376. The molecule has 0 aliphatic carbocycles. The molecule has 8 heteroatoms. The van der Waals surface area contributed by atoms with Gasteiger partial charge in [0.15, 0.2) is 0 Å². The standard InChI is InChI=1S/C24H17Cl2N5O/c25-18-11-9-16(10-12-18)21-14-20(15-5-2-1-3-6-15)27-24-29-23(30-31(21)24)28-22(32)17-7-4-8-19(26)13-17/h1-14,21H,(H2,27,28,29,30,32). The first-order valence-electron chi connectivity index (χ1n) is 9.90. The fraction of sp³-hybridized carbons (Fsp3) is 0.0417. The van der Waals surface area contributed by atoms with Crippen LogP contribution in [0.3, 0.4) is 0 Å². The van der Waals surface area contributed by atoms with Gasteiger partial charge >= 0.3 is 0 Å². The summed E-state index contributed by atoms with van der Waals surface area (Å²) in [6.07, 6.45) is 2.07. The number of nitrogens with one attached hydrogen (secondary N) is 2. The number of fused-ring (bicyclic) bond motifs is 1.